The summed E-state index contributed by atoms with van der Waals surface area (Å²) in [6.45, 7) is 7.08. The molecule has 0 fully saturated rings. The molecule has 20 heavy (non-hydrogen) atoms. The maximum absolute atomic E-state index is 6.33. The highest BCUT2D eigenvalue weighted by molar-refractivity contribution is 6.30. The molecule has 1 N–H and O–H groups in total. The Morgan fingerprint density at radius 1 is 1.45 bits per heavy atom. The molecule has 2 aromatic heterocycles. The predicted molar refractivity (Wildman–Crippen MR) is 81.1 cm³/mol. The van der Waals surface area contributed by atoms with E-state index in [2.05, 4.69) is 23.4 Å². The van der Waals surface area contributed by atoms with Crippen molar-refractivity contribution in [2.24, 2.45) is 7.05 Å². The molecule has 0 saturated carbocycles. The second kappa shape index (κ2) is 6.46. The summed E-state index contributed by atoms with van der Waals surface area (Å²) < 4.78 is 7.16. The molecule has 5 heteroatoms. The summed E-state index contributed by atoms with van der Waals surface area (Å²) >= 11 is 6.33. The van der Waals surface area contributed by atoms with Crippen LogP contribution in [0.25, 0.3) is 0 Å². The number of hydrogen-bond acceptors (Lipinski definition) is 3. The molecule has 0 bridgehead atoms. The topological polar surface area (TPSA) is 43.0 Å². The Hall–Kier alpha value is -1.26. The first-order valence-corrected chi connectivity index (χ1v) is 7.37. The minimum absolute atomic E-state index is 0.202. The monoisotopic (exact) mass is 295 g/mol. The van der Waals surface area contributed by atoms with Crippen LogP contribution in [0.15, 0.2) is 16.7 Å². The van der Waals surface area contributed by atoms with Crippen molar-refractivity contribution in [1.29, 1.82) is 0 Å². The van der Waals surface area contributed by atoms with Gasteiger partial charge in [-0.1, -0.05) is 18.5 Å². The van der Waals surface area contributed by atoms with Gasteiger partial charge in [0, 0.05) is 24.2 Å². The molecule has 0 aliphatic rings. The summed E-state index contributed by atoms with van der Waals surface area (Å²) in [5.41, 5.74) is 3.25. The zero-order valence-electron chi connectivity index (χ0n) is 12.5. The van der Waals surface area contributed by atoms with E-state index < -0.39 is 0 Å². The van der Waals surface area contributed by atoms with Gasteiger partial charge in [-0.2, -0.15) is 5.10 Å². The first kappa shape index (κ1) is 15.1. The molecule has 0 radical (unpaired) electrons. The Morgan fingerprint density at radius 3 is 2.70 bits per heavy atom. The van der Waals surface area contributed by atoms with Crippen LogP contribution in [-0.4, -0.2) is 16.3 Å². The number of aromatic nitrogens is 2. The van der Waals surface area contributed by atoms with Crippen LogP contribution in [0.3, 0.4) is 0 Å². The van der Waals surface area contributed by atoms with E-state index in [-0.39, 0.29) is 6.04 Å². The van der Waals surface area contributed by atoms with Gasteiger partial charge in [-0.3, -0.25) is 4.68 Å². The van der Waals surface area contributed by atoms with E-state index in [4.69, 9.17) is 16.0 Å². The Bertz CT molecular complexity index is 574. The highest BCUT2D eigenvalue weighted by atomic mass is 35.5. The molecule has 0 saturated heterocycles. The summed E-state index contributed by atoms with van der Waals surface area (Å²) in [4.78, 5) is 0. The van der Waals surface area contributed by atoms with Crippen LogP contribution in [0.5, 0.6) is 0 Å². The van der Waals surface area contributed by atoms with Gasteiger partial charge in [0.1, 0.15) is 10.9 Å². The lowest BCUT2D eigenvalue weighted by molar-refractivity contribution is 0.503. The van der Waals surface area contributed by atoms with Gasteiger partial charge in [-0.15, -0.1) is 0 Å². The van der Waals surface area contributed by atoms with Crippen LogP contribution >= 0.6 is 11.6 Å². The van der Waals surface area contributed by atoms with Crippen molar-refractivity contribution < 1.29 is 4.42 Å². The second-order valence-corrected chi connectivity index (χ2v) is 5.54. The maximum atomic E-state index is 6.33. The first-order valence-electron chi connectivity index (χ1n) is 6.99. The lowest BCUT2D eigenvalue weighted by atomic mass is 10.0. The normalized spacial score (nSPS) is 12.8. The molecule has 1 atom stereocenters. The summed E-state index contributed by atoms with van der Waals surface area (Å²) in [5.74, 6) is 0.928. The van der Waals surface area contributed by atoms with Crippen molar-refractivity contribution in [2.75, 3.05) is 6.54 Å². The molecule has 0 aliphatic heterocycles. The largest absolute Gasteiger partial charge is 0.469 e. The van der Waals surface area contributed by atoms with Gasteiger partial charge in [0.05, 0.1) is 12.0 Å². The SMILES string of the molecule is CCCNC(Cc1c(C)nn(C)c1Cl)c1coc(C)c1. The third-order valence-electron chi connectivity index (χ3n) is 3.47. The number of aryl methyl sites for hydroxylation is 3. The van der Waals surface area contributed by atoms with E-state index in [1.807, 2.05) is 27.2 Å². The number of furan rings is 1. The summed E-state index contributed by atoms with van der Waals surface area (Å²) in [7, 11) is 1.87. The molecule has 2 heterocycles. The Balaban J connectivity index is 2.23. The highest BCUT2D eigenvalue weighted by Gasteiger charge is 2.19. The second-order valence-electron chi connectivity index (χ2n) is 5.18. The predicted octanol–water partition coefficient (Wildman–Crippen LogP) is 3.57. The minimum atomic E-state index is 0.202. The smallest absolute Gasteiger partial charge is 0.130 e. The van der Waals surface area contributed by atoms with Gasteiger partial charge >= 0.3 is 0 Å². The van der Waals surface area contributed by atoms with Crippen molar-refractivity contribution in [3.63, 3.8) is 0 Å². The molecule has 4 nitrogen and oxygen atoms in total. The standard InChI is InChI=1S/C15H22ClN3O/c1-5-6-17-14(12-7-10(2)20-9-12)8-13-11(3)18-19(4)15(13)16/h7,9,14,17H,5-6,8H2,1-4H3. The molecule has 2 aromatic rings. The molecular weight excluding hydrogens is 274 g/mol. The Morgan fingerprint density at radius 2 is 2.20 bits per heavy atom. The van der Waals surface area contributed by atoms with E-state index in [9.17, 15) is 0 Å². The molecule has 2 rings (SSSR count). The number of nitrogens with zero attached hydrogens (tertiary/aromatic N) is 2. The lowest BCUT2D eigenvalue weighted by Gasteiger charge is -2.17. The maximum Gasteiger partial charge on any atom is 0.130 e. The van der Waals surface area contributed by atoms with Gasteiger partial charge in [-0.05, 0) is 39.3 Å². The number of halogens is 1. The van der Waals surface area contributed by atoms with E-state index in [0.29, 0.717) is 5.15 Å². The van der Waals surface area contributed by atoms with Crippen LogP contribution in [0.4, 0.5) is 0 Å². The van der Waals surface area contributed by atoms with Crippen molar-refractivity contribution in [2.45, 2.75) is 39.7 Å². The third kappa shape index (κ3) is 3.25. The zero-order chi connectivity index (χ0) is 14.7. The fourth-order valence-electron chi connectivity index (χ4n) is 2.38. The third-order valence-corrected chi connectivity index (χ3v) is 3.94. The molecule has 0 amide bonds. The molecule has 0 aliphatic carbocycles. The van der Waals surface area contributed by atoms with E-state index in [1.165, 1.54) is 0 Å². The van der Waals surface area contributed by atoms with Crippen LogP contribution in [0.2, 0.25) is 5.15 Å². The average molecular weight is 296 g/mol. The van der Waals surface area contributed by atoms with Crippen LogP contribution in [0, 0.1) is 13.8 Å². The Labute approximate surface area is 125 Å². The minimum Gasteiger partial charge on any atom is -0.469 e. The van der Waals surface area contributed by atoms with Gasteiger partial charge in [0.15, 0.2) is 0 Å². The van der Waals surface area contributed by atoms with Crippen molar-refractivity contribution >= 4 is 11.6 Å². The summed E-state index contributed by atoms with van der Waals surface area (Å²) in [6.07, 6.45) is 3.73. The Kier molecular flexibility index (Phi) is 4.89. The van der Waals surface area contributed by atoms with Gasteiger partial charge in [-0.25, -0.2) is 0 Å². The van der Waals surface area contributed by atoms with Crippen LogP contribution < -0.4 is 5.32 Å². The lowest BCUT2D eigenvalue weighted by Crippen LogP contribution is -2.24. The molecule has 0 spiro atoms. The van der Waals surface area contributed by atoms with E-state index >= 15 is 0 Å². The number of nitrogens with one attached hydrogen (secondary N) is 1. The quantitative estimate of drug-likeness (QED) is 0.886. The molecule has 110 valence electrons. The van der Waals surface area contributed by atoms with E-state index in [1.54, 1.807) is 4.68 Å². The molecule has 1 unspecified atom stereocenters. The van der Waals surface area contributed by atoms with E-state index in [0.717, 1.165) is 42.0 Å². The fourth-order valence-corrected chi connectivity index (χ4v) is 2.63. The zero-order valence-corrected chi connectivity index (χ0v) is 13.3. The van der Waals surface area contributed by atoms with Crippen LogP contribution in [-0.2, 0) is 13.5 Å². The van der Waals surface area contributed by atoms with Crippen molar-refractivity contribution in [3.05, 3.63) is 40.1 Å². The van der Waals surface area contributed by atoms with Gasteiger partial charge in [0.25, 0.3) is 0 Å². The van der Waals surface area contributed by atoms with Gasteiger partial charge < -0.3 is 9.73 Å². The number of hydrogen-bond donors (Lipinski definition) is 1. The molecular formula is C15H22ClN3O. The van der Waals surface area contributed by atoms with Crippen LogP contribution in [0.1, 0.15) is 42.0 Å². The average Bonchev–Trinajstić information content (AvgIpc) is 2.93. The molecule has 0 aromatic carbocycles. The number of rotatable bonds is 6. The summed E-state index contributed by atoms with van der Waals surface area (Å²) in [6, 6.07) is 2.28. The highest BCUT2D eigenvalue weighted by Crippen LogP contribution is 2.26. The summed E-state index contributed by atoms with van der Waals surface area (Å²) in [5, 5.41) is 8.65. The fraction of sp³-hybridized carbons (Fsp3) is 0.533. The van der Waals surface area contributed by atoms with Crippen molar-refractivity contribution in [1.82, 2.24) is 15.1 Å². The first-order chi connectivity index (χ1) is 9.52. The van der Waals surface area contributed by atoms with Crippen molar-refractivity contribution in [3.8, 4) is 0 Å². The van der Waals surface area contributed by atoms with Gasteiger partial charge in [0.2, 0.25) is 0 Å².